The van der Waals surface area contributed by atoms with Crippen molar-refractivity contribution in [1.29, 1.82) is 0 Å². The molecule has 0 bridgehead atoms. The predicted molar refractivity (Wildman–Crippen MR) is 145 cm³/mol. The van der Waals surface area contributed by atoms with Crippen LogP contribution in [0.25, 0.3) is 0 Å². The summed E-state index contributed by atoms with van der Waals surface area (Å²) in [6, 6.07) is 24.1. The Labute approximate surface area is 219 Å². The van der Waals surface area contributed by atoms with E-state index in [1.165, 1.54) is 5.56 Å². The van der Waals surface area contributed by atoms with Crippen LogP contribution >= 0.6 is 11.6 Å². The molecule has 0 fully saturated rings. The van der Waals surface area contributed by atoms with Crippen LogP contribution in [0.1, 0.15) is 49.8 Å². The van der Waals surface area contributed by atoms with Crippen LogP contribution < -0.4 is 10.1 Å². The molecule has 0 aliphatic rings. The Kier molecular flexibility index (Phi) is 10.4. The molecule has 0 radical (unpaired) electrons. The van der Waals surface area contributed by atoms with Crippen LogP contribution in [-0.4, -0.2) is 35.9 Å². The molecule has 0 aliphatic carbocycles. The minimum Gasteiger partial charge on any atom is -0.484 e. The lowest BCUT2D eigenvalue weighted by molar-refractivity contribution is -0.142. The highest BCUT2D eigenvalue weighted by molar-refractivity contribution is 6.30. The second kappa shape index (κ2) is 13.7. The van der Waals surface area contributed by atoms with Gasteiger partial charge in [-0.1, -0.05) is 87.0 Å². The van der Waals surface area contributed by atoms with Crippen molar-refractivity contribution in [2.75, 3.05) is 13.2 Å². The highest BCUT2D eigenvalue weighted by Gasteiger charge is 2.30. The molecule has 3 aromatic rings. The Bertz CT molecular complexity index is 1100. The SMILES string of the molecule is CCCNC(=O)[C@H](Cc1ccccc1)N(Cc1ccc(Cl)cc1)C(=O)COc1ccc(C(C)C)cc1. The molecule has 5 nitrogen and oxygen atoms in total. The second-order valence-electron chi connectivity index (χ2n) is 9.16. The van der Waals surface area contributed by atoms with Crippen LogP contribution in [0.3, 0.4) is 0 Å². The number of carbonyl (C=O) groups excluding carboxylic acids is 2. The first kappa shape index (κ1) is 27.3. The average Bonchev–Trinajstić information content (AvgIpc) is 2.89. The van der Waals surface area contributed by atoms with Crippen molar-refractivity contribution < 1.29 is 14.3 Å². The van der Waals surface area contributed by atoms with Crippen molar-refractivity contribution in [3.63, 3.8) is 0 Å². The number of ether oxygens (including phenoxy) is 1. The highest BCUT2D eigenvalue weighted by Crippen LogP contribution is 2.20. The van der Waals surface area contributed by atoms with Gasteiger partial charge in [0.05, 0.1) is 0 Å². The summed E-state index contributed by atoms with van der Waals surface area (Å²) < 4.78 is 5.86. The number of hydrogen-bond acceptors (Lipinski definition) is 3. The predicted octanol–water partition coefficient (Wildman–Crippen LogP) is 6.01. The summed E-state index contributed by atoms with van der Waals surface area (Å²) in [5.41, 5.74) is 3.07. The van der Waals surface area contributed by atoms with E-state index < -0.39 is 6.04 Å². The van der Waals surface area contributed by atoms with Gasteiger partial charge in [-0.05, 0) is 53.3 Å². The van der Waals surface area contributed by atoms with Gasteiger partial charge < -0.3 is 15.0 Å². The van der Waals surface area contributed by atoms with Gasteiger partial charge in [0.2, 0.25) is 5.91 Å². The number of rotatable bonds is 12. The van der Waals surface area contributed by atoms with Crippen LogP contribution in [0.4, 0.5) is 0 Å². The zero-order valence-electron chi connectivity index (χ0n) is 21.2. The molecule has 0 saturated carbocycles. The number of nitrogens with one attached hydrogen (secondary N) is 1. The fraction of sp³-hybridized carbons (Fsp3) is 0.333. The fourth-order valence-electron chi connectivity index (χ4n) is 3.88. The summed E-state index contributed by atoms with van der Waals surface area (Å²) in [7, 11) is 0. The fourth-order valence-corrected chi connectivity index (χ4v) is 4.01. The maximum atomic E-state index is 13.6. The van der Waals surface area contributed by atoms with E-state index in [-0.39, 0.29) is 25.0 Å². The first-order valence-electron chi connectivity index (χ1n) is 12.5. The molecule has 0 heterocycles. The lowest BCUT2D eigenvalue weighted by atomic mass is 10.0. The third kappa shape index (κ3) is 8.13. The zero-order valence-corrected chi connectivity index (χ0v) is 22.0. The van der Waals surface area contributed by atoms with E-state index in [4.69, 9.17) is 16.3 Å². The van der Waals surface area contributed by atoms with Gasteiger partial charge in [-0.3, -0.25) is 9.59 Å². The van der Waals surface area contributed by atoms with E-state index in [2.05, 4.69) is 19.2 Å². The molecule has 0 saturated heterocycles. The molecule has 0 unspecified atom stereocenters. The van der Waals surface area contributed by atoms with E-state index in [1.807, 2.05) is 73.7 Å². The normalized spacial score (nSPS) is 11.7. The maximum absolute atomic E-state index is 13.6. The standard InChI is InChI=1S/C30H35ClN2O3/c1-4-18-32-30(35)28(19-23-8-6-5-7-9-23)33(20-24-10-14-26(31)15-11-24)29(34)21-36-27-16-12-25(13-17-27)22(2)3/h5-17,22,28H,4,18-21H2,1-3H3,(H,32,35)/t28-/m0/s1. The number of hydrogen-bond donors (Lipinski definition) is 1. The van der Waals surface area contributed by atoms with E-state index >= 15 is 0 Å². The Balaban J connectivity index is 1.85. The van der Waals surface area contributed by atoms with Gasteiger partial charge in [0.1, 0.15) is 11.8 Å². The smallest absolute Gasteiger partial charge is 0.261 e. The third-order valence-electron chi connectivity index (χ3n) is 6.00. The van der Waals surface area contributed by atoms with E-state index in [0.717, 1.165) is 17.5 Å². The molecule has 6 heteroatoms. The zero-order chi connectivity index (χ0) is 25.9. The summed E-state index contributed by atoms with van der Waals surface area (Å²) in [6.45, 7) is 6.91. The third-order valence-corrected chi connectivity index (χ3v) is 6.25. The Morgan fingerprint density at radius 2 is 1.58 bits per heavy atom. The molecular formula is C30H35ClN2O3. The van der Waals surface area contributed by atoms with Gasteiger partial charge in [0.15, 0.2) is 6.61 Å². The van der Waals surface area contributed by atoms with Crippen LogP contribution in [0.15, 0.2) is 78.9 Å². The van der Waals surface area contributed by atoms with Crippen molar-refractivity contribution in [1.82, 2.24) is 10.2 Å². The Morgan fingerprint density at radius 1 is 0.917 bits per heavy atom. The molecule has 190 valence electrons. The quantitative estimate of drug-likeness (QED) is 0.327. The molecule has 0 aromatic heterocycles. The molecule has 3 aromatic carbocycles. The molecule has 1 atom stereocenters. The molecule has 1 N–H and O–H groups in total. The van der Waals surface area contributed by atoms with Gasteiger partial charge in [0.25, 0.3) is 5.91 Å². The van der Waals surface area contributed by atoms with E-state index in [9.17, 15) is 9.59 Å². The summed E-state index contributed by atoms with van der Waals surface area (Å²) in [5.74, 6) is 0.597. The monoisotopic (exact) mass is 506 g/mol. The highest BCUT2D eigenvalue weighted by atomic mass is 35.5. The van der Waals surface area contributed by atoms with E-state index in [0.29, 0.717) is 29.7 Å². The molecule has 36 heavy (non-hydrogen) atoms. The maximum Gasteiger partial charge on any atom is 0.261 e. The van der Waals surface area contributed by atoms with Gasteiger partial charge in [-0.25, -0.2) is 0 Å². The summed E-state index contributed by atoms with van der Waals surface area (Å²) in [4.78, 5) is 28.5. The summed E-state index contributed by atoms with van der Waals surface area (Å²) in [5, 5.41) is 3.60. The number of benzene rings is 3. The minimum atomic E-state index is -0.686. The van der Waals surface area contributed by atoms with Crippen molar-refractivity contribution in [3.8, 4) is 5.75 Å². The van der Waals surface area contributed by atoms with E-state index in [1.54, 1.807) is 17.0 Å². The molecule has 0 aliphatic heterocycles. The number of amides is 2. The van der Waals surface area contributed by atoms with Gasteiger partial charge in [-0.2, -0.15) is 0 Å². The number of nitrogens with zero attached hydrogens (tertiary/aromatic N) is 1. The first-order chi connectivity index (χ1) is 17.4. The van der Waals surface area contributed by atoms with Crippen LogP contribution in [0, 0.1) is 0 Å². The largest absolute Gasteiger partial charge is 0.484 e. The van der Waals surface area contributed by atoms with Crippen LogP contribution in [-0.2, 0) is 22.6 Å². The Morgan fingerprint density at radius 3 is 2.19 bits per heavy atom. The second-order valence-corrected chi connectivity index (χ2v) is 9.59. The van der Waals surface area contributed by atoms with Crippen molar-refractivity contribution in [2.45, 2.75) is 52.1 Å². The molecule has 2 amide bonds. The number of halogens is 1. The summed E-state index contributed by atoms with van der Waals surface area (Å²) >= 11 is 6.07. The van der Waals surface area contributed by atoms with Crippen molar-refractivity contribution in [3.05, 3.63) is 101 Å². The number of carbonyl (C=O) groups is 2. The van der Waals surface area contributed by atoms with Crippen LogP contribution in [0.5, 0.6) is 5.75 Å². The van der Waals surface area contributed by atoms with Gasteiger partial charge in [0, 0.05) is 24.5 Å². The van der Waals surface area contributed by atoms with Gasteiger partial charge >= 0.3 is 0 Å². The minimum absolute atomic E-state index is 0.166. The van der Waals surface area contributed by atoms with Gasteiger partial charge in [-0.15, -0.1) is 0 Å². The topological polar surface area (TPSA) is 58.6 Å². The van der Waals surface area contributed by atoms with Crippen molar-refractivity contribution >= 4 is 23.4 Å². The summed E-state index contributed by atoms with van der Waals surface area (Å²) in [6.07, 6.45) is 1.21. The van der Waals surface area contributed by atoms with Crippen molar-refractivity contribution in [2.24, 2.45) is 0 Å². The molecule has 3 rings (SSSR count). The average molecular weight is 507 g/mol. The molecular weight excluding hydrogens is 472 g/mol. The molecule has 0 spiro atoms. The van der Waals surface area contributed by atoms with Crippen LogP contribution in [0.2, 0.25) is 5.02 Å². The lowest BCUT2D eigenvalue weighted by Gasteiger charge is -2.31. The lowest BCUT2D eigenvalue weighted by Crippen LogP contribution is -2.51. The Hall–Kier alpha value is -3.31. The first-order valence-corrected chi connectivity index (χ1v) is 12.8.